The highest BCUT2D eigenvalue weighted by Gasteiger charge is 2.13. The molecule has 28 heavy (non-hydrogen) atoms. The van der Waals surface area contributed by atoms with Crippen LogP contribution in [0.15, 0.2) is 41.5 Å². The highest BCUT2D eigenvalue weighted by atomic mass is 16.4. The van der Waals surface area contributed by atoms with Gasteiger partial charge in [-0.05, 0) is 42.8 Å². The van der Waals surface area contributed by atoms with Crippen LogP contribution in [0.25, 0.3) is 0 Å². The number of aryl methyl sites for hydroxylation is 1. The number of nitrogens with two attached hydrogens (primary N) is 1. The van der Waals surface area contributed by atoms with Crippen LogP contribution in [-0.4, -0.2) is 33.6 Å². The number of carboxylic acids is 1. The van der Waals surface area contributed by atoms with Gasteiger partial charge in [0.25, 0.3) is 5.91 Å². The highest BCUT2D eigenvalue weighted by Crippen LogP contribution is 2.23. The minimum atomic E-state index is -1.33. The van der Waals surface area contributed by atoms with Crippen molar-refractivity contribution >= 4 is 34.8 Å². The molecule has 0 heterocycles. The quantitative estimate of drug-likeness (QED) is 0.191. The number of hydrazone groups is 1. The van der Waals surface area contributed by atoms with Crippen LogP contribution in [0.4, 0.5) is 11.4 Å². The summed E-state index contributed by atoms with van der Waals surface area (Å²) in [5.74, 6) is -2.76. The van der Waals surface area contributed by atoms with E-state index < -0.39 is 23.5 Å². The molecule has 0 saturated carbocycles. The number of aromatic carboxylic acids is 1. The van der Waals surface area contributed by atoms with Gasteiger partial charge in [-0.25, -0.2) is 4.79 Å². The zero-order valence-electron chi connectivity index (χ0n) is 14.6. The average molecular weight is 380 g/mol. The Labute approximate surface area is 159 Å². The van der Waals surface area contributed by atoms with Crippen molar-refractivity contribution in [1.29, 1.82) is 10.7 Å². The Morgan fingerprint density at radius 3 is 2.57 bits per heavy atom. The molecule has 7 N–H and O–H groups in total. The van der Waals surface area contributed by atoms with E-state index in [2.05, 4.69) is 15.8 Å². The van der Waals surface area contributed by atoms with E-state index in [1.54, 1.807) is 25.1 Å². The molecule has 0 aliphatic heterocycles. The van der Waals surface area contributed by atoms with Crippen LogP contribution >= 0.6 is 0 Å². The van der Waals surface area contributed by atoms with E-state index in [-0.39, 0.29) is 22.5 Å². The first kappa shape index (κ1) is 19.9. The molecule has 0 bridgehead atoms. The number of amidine groups is 1. The molecule has 2 aromatic rings. The predicted octanol–water partition coefficient (Wildman–Crippen LogP) is 1.88. The summed E-state index contributed by atoms with van der Waals surface area (Å²) in [5.41, 5.74) is 8.73. The molecular weight excluding hydrogens is 364 g/mol. The van der Waals surface area contributed by atoms with E-state index >= 15 is 0 Å². The molecule has 2 rings (SSSR count). The first-order valence-electron chi connectivity index (χ1n) is 7.79. The standard InChI is InChI=1S/C18H16N6O4/c1-9-2-3-10(6-13(9)23-24-14(8-19)16(20)21)17(26)22-11-4-5-15(25)12(7-11)18(27)28/h2-7,23,25H,1H3,(H3,20,21)(H,22,26)(H,27,28)/b24-14+. The third-order valence-electron chi connectivity index (χ3n) is 3.63. The molecule has 10 heteroatoms. The number of nitrogens with one attached hydrogen (secondary N) is 3. The summed E-state index contributed by atoms with van der Waals surface area (Å²) in [6.45, 7) is 1.75. The summed E-state index contributed by atoms with van der Waals surface area (Å²) in [4.78, 5) is 23.5. The van der Waals surface area contributed by atoms with Crippen molar-refractivity contribution in [3.05, 3.63) is 53.1 Å². The molecule has 1 amide bonds. The SMILES string of the molecule is Cc1ccc(C(=O)Nc2ccc(O)c(C(=O)O)c2)cc1N/N=C(\C#N)C(=N)N. The average Bonchev–Trinajstić information content (AvgIpc) is 2.64. The summed E-state index contributed by atoms with van der Waals surface area (Å²) < 4.78 is 0. The molecule has 0 saturated heterocycles. The number of nitrogens with zero attached hydrogens (tertiary/aromatic N) is 2. The van der Waals surface area contributed by atoms with Crippen LogP contribution in [-0.2, 0) is 0 Å². The Kier molecular flexibility index (Phi) is 5.93. The van der Waals surface area contributed by atoms with Gasteiger partial charge in [0.05, 0.1) is 5.69 Å². The van der Waals surface area contributed by atoms with Gasteiger partial charge < -0.3 is 21.3 Å². The molecular formula is C18H16N6O4. The van der Waals surface area contributed by atoms with Gasteiger partial charge in [-0.15, -0.1) is 0 Å². The van der Waals surface area contributed by atoms with E-state index in [1.165, 1.54) is 18.2 Å². The maximum absolute atomic E-state index is 12.5. The Bertz CT molecular complexity index is 1040. The van der Waals surface area contributed by atoms with Crippen molar-refractivity contribution in [3.8, 4) is 11.8 Å². The molecule has 2 aromatic carbocycles. The number of carbonyl (C=O) groups excluding carboxylic acids is 1. The zero-order chi connectivity index (χ0) is 20.8. The number of nitriles is 1. The van der Waals surface area contributed by atoms with E-state index in [9.17, 15) is 14.7 Å². The maximum atomic E-state index is 12.5. The highest BCUT2D eigenvalue weighted by molar-refractivity contribution is 6.45. The lowest BCUT2D eigenvalue weighted by atomic mass is 10.1. The molecule has 10 nitrogen and oxygen atoms in total. The van der Waals surface area contributed by atoms with Crippen molar-refractivity contribution in [2.24, 2.45) is 10.8 Å². The minimum Gasteiger partial charge on any atom is -0.507 e. The Morgan fingerprint density at radius 1 is 1.25 bits per heavy atom. The molecule has 0 radical (unpaired) electrons. The van der Waals surface area contributed by atoms with Crippen LogP contribution in [0, 0.1) is 23.7 Å². The Hall–Kier alpha value is -4.39. The minimum absolute atomic E-state index is 0.191. The number of phenols is 1. The first-order chi connectivity index (χ1) is 13.2. The summed E-state index contributed by atoms with van der Waals surface area (Å²) in [5, 5.41) is 40.9. The van der Waals surface area contributed by atoms with E-state index in [4.69, 9.17) is 21.5 Å². The smallest absolute Gasteiger partial charge is 0.339 e. The summed E-state index contributed by atoms with van der Waals surface area (Å²) in [7, 11) is 0. The molecule has 0 unspecified atom stereocenters. The zero-order valence-corrected chi connectivity index (χ0v) is 14.6. The summed E-state index contributed by atoms with van der Waals surface area (Å²) >= 11 is 0. The predicted molar refractivity (Wildman–Crippen MR) is 103 cm³/mol. The number of rotatable bonds is 6. The fraction of sp³-hybridized carbons (Fsp3) is 0.0556. The fourth-order valence-corrected chi connectivity index (χ4v) is 2.13. The van der Waals surface area contributed by atoms with E-state index in [0.29, 0.717) is 5.69 Å². The third kappa shape index (κ3) is 4.61. The number of amides is 1. The number of aromatic hydroxyl groups is 1. The van der Waals surface area contributed by atoms with Gasteiger partial charge >= 0.3 is 5.97 Å². The van der Waals surface area contributed by atoms with Gasteiger partial charge in [-0.2, -0.15) is 10.4 Å². The number of anilines is 2. The molecule has 0 spiro atoms. The maximum Gasteiger partial charge on any atom is 0.339 e. The topological polar surface area (TPSA) is 185 Å². The van der Waals surface area contributed by atoms with Crippen molar-refractivity contribution in [2.75, 3.05) is 10.7 Å². The number of carbonyl (C=O) groups is 2. The molecule has 0 aliphatic carbocycles. The van der Waals surface area contributed by atoms with Gasteiger partial charge in [-0.3, -0.25) is 15.6 Å². The van der Waals surface area contributed by atoms with Gasteiger partial charge in [0.15, 0.2) is 5.84 Å². The molecule has 0 fully saturated rings. The Morgan fingerprint density at radius 2 is 1.96 bits per heavy atom. The van der Waals surface area contributed by atoms with Crippen LogP contribution in [0.3, 0.4) is 0 Å². The van der Waals surface area contributed by atoms with Crippen molar-refractivity contribution < 1.29 is 19.8 Å². The molecule has 0 atom stereocenters. The van der Waals surface area contributed by atoms with Gasteiger partial charge in [0, 0.05) is 11.3 Å². The van der Waals surface area contributed by atoms with Crippen molar-refractivity contribution in [1.82, 2.24) is 0 Å². The fourth-order valence-electron chi connectivity index (χ4n) is 2.13. The van der Waals surface area contributed by atoms with Gasteiger partial charge in [0.2, 0.25) is 5.71 Å². The van der Waals surface area contributed by atoms with Crippen LogP contribution in [0.2, 0.25) is 0 Å². The lowest BCUT2D eigenvalue weighted by molar-refractivity contribution is 0.0693. The second kappa shape index (κ2) is 8.33. The van der Waals surface area contributed by atoms with Crippen LogP contribution < -0.4 is 16.5 Å². The monoisotopic (exact) mass is 380 g/mol. The molecule has 0 aliphatic rings. The molecule has 0 aromatic heterocycles. The first-order valence-corrected chi connectivity index (χ1v) is 7.79. The van der Waals surface area contributed by atoms with E-state index in [0.717, 1.165) is 11.6 Å². The third-order valence-corrected chi connectivity index (χ3v) is 3.63. The lowest BCUT2D eigenvalue weighted by Crippen LogP contribution is -2.22. The summed E-state index contributed by atoms with van der Waals surface area (Å²) in [6.07, 6.45) is 0. The number of benzene rings is 2. The van der Waals surface area contributed by atoms with Crippen LogP contribution in [0.5, 0.6) is 5.75 Å². The van der Waals surface area contributed by atoms with Crippen molar-refractivity contribution in [3.63, 3.8) is 0 Å². The number of hydrogen-bond donors (Lipinski definition) is 6. The second-order valence-corrected chi connectivity index (χ2v) is 5.62. The van der Waals surface area contributed by atoms with Gasteiger partial charge in [0.1, 0.15) is 17.4 Å². The summed E-state index contributed by atoms with van der Waals surface area (Å²) in [6, 6.07) is 10.0. The van der Waals surface area contributed by atoms with Crippen molar-refractivity contribution in [2.45, 2.75) is 6.92 Å². The Balaban J connectivity index is 2.25. The molecule has 142 valence electrons. The normalized spacial score (nSPS) is 10.6. The van der Waals surface area contributed by atoms with Gasteiger partial charge in [-0.1, -0.05) is 6.07 Å². The van der Waals surface area contributed by atoms with E-state index in [1.807, 2.05) is 0 Å². The van der Waals surface area contributed by atoms with Crippen LogP contribution in [0.1, 0.15) is 26.3 Å². The number of carboxylic acid groups (broad SMARTS) is 1. The largest absolute Gasteiger partial charge is 0.507 e. The second-order valence-electron chi connectivity index (χ2n) is 5.62. The lowest BCUT2D eigenvalue weighted by Gasteiger charge is -2.10. The number of hydrogen-bond acceptors (Lipinski definition) is 7.